The minimum Gasteiger partial charge on any atom is -0.481 e. The van der Waals surface area contributed by atoms with E-state index in [0.29, 0.717) is 10.2 Å². The first-order valence-corrected chi connectivity index (χ1v) is 8.78. The zero-order chi connectivity index (χ0) is 19.1. The van der Waals surface area contributed by atoms with E-state index in [1.807, 2.05) is 37.3 Å². The van der Waals surface area contributed by atoms with Gasteiger partial charge in [-0.05, 0) is 53.5 Å². The number of rotatable bonds is 7. The van der Waals surface area contributed by atoms with Gasteiger partial charge in [-0.2, -0.15) is 0 Å². The van der Waals surface area contributed by atoms with Gasteiger partial charge in [0.15, 0.2) is 12.7 Å². The Bertz CT molecular complexity index is 769. The molecule has 0 bridgehead atoms. The molecule has 0 spiro atoms. The number of halogens is 2. The summed E-state index contributed by atoms with van der Waals surface area (Å²) in [5.74, 6) is -1.23. The largest absolute Gasteiger partial charge is 0.481 e. The Balaban J connectivity index is 1.81. The van der Waals surface area contributed by atoms with Crippen molar-refractivity contribution in [3.8, 4) is 5.75 Å². The first kappa shape index (κ1) is 19.9. The lowest BCUT2D eigenvalue weighted by Gasteiger charge is -2.18. The Morgan fingerprint density at radius 3 is 2.50 bits per heavy atom. The zero-order valence-electron chi connectivity index (χ0n) is 14.4. The Morgan fingerprint density at radius 2 is 1.85 bits per heavy atom. The molecule has 0 saturated heterocycles. The van der Waals surface area contributed by atoms with Crippen LogP contribution in [0.5, 0.6) is 5.75 Å². The molecule has 2 aromatic rings. The highest BCUT2D eigenvalue weighted by Crippen LogP contribution is 2.25. The Kier molecular flexibility index (Phi) is 7.15. The van der Waals surface area contributed by atoms with Crippen LogP contribution < -0.4 is 10.1 Å². The van der Waals surface area contributed by atoms with Crippen molar-refractivity contribution < 1.29 is 23.5 Å². The third kappa shape index (κ3) is 5.84. The maximum absolute atomic E-state index is 13.0. The first-order valence-electron chi connectivity index (χ1n) is 7.99. The molecule has 7 heteroatoms. The van der Waals surface area contributed by atoms with Crippen LogP contribution in [0.1, 0.15) is 25.5 Å². The molecule has 2 unspecified atom stereocenters. The van der Waals surface area contributed by atoms with E-state index in [0.717, 1.165) is 5.56 Å². The topological polar surface area (TPSA) is 64.6 Å². The fourth-order valence-corrected chi connectivity index (χ4v) is 2.63. The molecule has 1 N–H and O–H groups in total. The van der Waals surface area contributed by atoms with Crippen LogP contribution in [0.3, 0.4) is 0 Å². The Labute approximate surface area is 159 Å². The van der Waals surface area contributed by atoms with Crippen molar-refractivity contribution >= 4 is 27.8 Å². The van der Waals surface area contributed by atoms with Crippen molar-refractivity contribution in [1.82, 2.24) is 5.32 Å². The van der Waals surface area contributed by atoms with Gasteiger partial charge in [0, 0.05) is 0 Å². The number of carbonyl (C=O) groups is 2. The summed E-state index contributed by atoms with van der Waals surface area (Å²) in [5, 5.41) is 2.78. The molecule has 2 aromatic carbocycles. The van der Waals surface area contributed by atoms with E-state index in [-0.39, 0.29) is 6.04 Å². The van der Waals surface area contributed by atoms with Gasteiger partial charge < -0.3 is 14.8 Å². The number of amides is 1. The monoisotopic (exact) mass is 423 g/mol. The number of benzene rings is 2. The van der Waals surface area contributed by atoms with Crippen molar-refractivity contribution in [3.05, 3.63) is 64.4 Å². The van der Waals surface area contributed by atoms with Crippen LogP contribution in [-0.2, 0) is 14.3 Å². The smallest absolute Gasteiger partial charge is 0.344 e. The maximum Gasteiger partial charge on any atom is 0.344 e. The van der Waals surface area contributed by atoms with Crippen LogP contribution in [0.15, 0.2) is 53.0 Å². The minimum absolute atomic E-state index is 0.212. The number of nitrogens with one attached hydrogen (secondary N) is 1. The quantitative estimate of drug-likeness (QED) is 0.688. The van der Waals surface area contributed by atoms with Crippen molar-refractivity contribution in [1.29, 1.82) is 0 Å². The minimum atomic E-state index is -0.964. The third-order valence-corrected chi connectivity index (χ3v) is 4.19. The number of ether oxygens (including phenoxy) is 2. The fraction of sp³-hybridized carbons (Fsp3) is 0.263. The van der Waals surface area contributed by atoms with Crippen LogP contribution in [0.2, 0.25) is 0 Å². The second-order valence-corrected chi connectivity index (χ2v) is 6.49. The number of carbonyl (C=O) groups excluding carboxylic acids is 2. The summed E-state index contributed by atoms with van der Waals surface area (Å²) >= 11 is 3.14. The molecule has 2 atom stereocenters. The Morgan fingerprint density at radius 1 is 1.15 bits per heavy atom. The second kappa shape index (κ2) is 9.33. The van der Waals surface area contributed by atoms with Crippen molar-refractivity contribution in [3.63, 3.8) is 0 Å². The van der Waals surface area contributed by atoms with E-state index >= 15 is 0 Å². The first-order chi connectivity index (χ1) is 12.4. The summed E-state index contributed by atoms with van der Waals surface area (Å²) in [7, 11) is 0. The molecular weight excluding hydrogens is 405 g/mol. The molecule has 26 heavy (non-hydrogen) atoms. The highest BCUT2D eigenvalue weighted by Gasteiger charge is 2.20. The van der Waals surface area contributed by atoms with E-state index in [1.165, 1.54) is 25.1 Å². The number of esters is 1. The zero-order valence-corrected chi connectivity index (χ0v) is 16.0. The molecule has 0 fully saturated rings. The standard InChI is InChI=1S/C19H19BrFNO4/c1-12(14-6-4-3-5-7-14)22-19(24)13(2)26-18(23)11-25-17-9-8-15(21)10-16(17)20/h3-10,12-13H,11H2,1-2H3,(H,22,24). The van der Waals surface area contributed by atoms with E-state index < -0.39 is 30.4 Å². The van der Waals surface area contributed by atoms with Crippen molar-refractivity contribution in [2.75, 3.05) is 6.61 Å². The van der Waals surface area contributed by atoms with Gasteiger partial charge in [0.25, 0.3) is 5.91 Å². The molecule has 5 nitrogen and oxygen atoms in total. The second-order valence-electron chi connectivity index (χ2n) is 5.64. The molecule has 0 heterocycles. The molecule has 138 valence electrons. The van der Waals surface area contributed by atoms with Gasteiger partial charge >= 0.3 is 5.97 Å². The number of hydrogen-bond donors (Lipinski definition) is 1. The molecule has 0 radical (unpaired) electrons. The molecule has 0 aliphatic carbocycles. The number of hydrogen-bond acceptors (Lipinski definition) is 4. The highest BCUT2D eigenvalue weighted by molar-refractivity contribution is 9.10. The average molecular weight is 424 g/mol. The molecule has 0 aliphatic rings. The molecular formula is C19H19BrFNO4. The van der Waals surface area contributed by atoms with Gasteiger partial charge in [0.1, 0.15) is 11.6 Å². The summed E-state index contributed by atoms with van der Waals surface area (Å²) in [5.41, 5.74) is 0.948. The summed E-state index contributed by atoms with van der Waals surface area (Å²) in [6.45, 7) is 2.94. The molecule has 0 saturated carbocycles. The van der Waals surface area contributed by atoms with Crippen LogP contribution >= 0.6 is 15.9 Å². The molecule has 0 aromatic heterocycles. The van der Waals surface area contributed by atoms with Crippen LogP contribution in [0, 0.1) is 5.82 Å². The molecule has 0 aliphatic heterocycles. The van der Waals surface area contributed by atoms with E-state index in [4.69, 9.17) is 9.47 Å². The maximum atomic E-state index is 13.0. The lowest BCUT2D eigenvalue weighted by molar-refractivity contribution is -0.156. The highest BCUT2D eigenvalue weighted by atomic mass is 79.9. The average Bonchev–Trinajstić information content (AvgIpc) is 2.61. The summed E-state index contributed by atoms with van der Waals surface area (Å²) in [6, 6.07) is 13.1. The fourth-order valence-electron chi connectivity index (χ4n) is 2.17. The van der Waals surface area contributed by atoms with Crippen LogP contribution in [-0.4, -0.2) is 24.6 Å². The predicted molar refractivity (Wildman–Crippen MR) is 98.1 cm³/mol. The van der Waals surface area contributed by atoms with Gasteiger partial charge in [0.05, 0.1) is 10.5 Å². The van der Waals surface area contributed by atoms with E-state index in [2.05, 4.69) is 21.2 Å². The van der Waals surface area contributed by atoms with Crippen LogP contribution in [0.4, 0.5) is 4.39 Å². The van der Waals surface area contributed by atoms with Crippen molar-refractivity contribution in [2.45, 2.75) is 26.0 Å². The summed E-state index contributed by atoms with van der Waals surface area (Å²) in [6.07, 6.45) is -0.964. The van der Waals surface area contributed by atoms with Gasteiger partial charge in [-0.3, -0.25) is 4.79 Å². The van der Waals surface area contributed by atoms with Gasteiger partial charge in [0.2, 0.25) is 0 Å². The van der Waals surface area contributed by atoms with E-state index in [1.54, 1.807) is 0 Å². The van der Waals surface area contributed by atoms with Gasteiger partial charge in [-0.15, -0.1) is 0 Å². The SMILES string of the molecule is CC(OC(=O)COc1ccc(F)cc1Br)C(=O)NC(C)c1ccccc1. The van der Waals surface area contributed by atoms with Crippen LogP contribution in [0.25, 0.3) is 0 Å². The normalized spacial score (nSPS) is 12.8. The third-order valence-electron chi connectivity index (χ3n) is 3.58. The van der Waals surface area contributed by atoms with Gasteiger partial charge in [-0.1, -0.05) is 30.3 Å². The van der Waals surface area contributed by atoms with Gasteiger partial charge in [-0.25, -0.2) is 9.18 Å². The molecule has 2 rings (SSSR count). The van der Waals surface area contributed by atoms with E-state index in [9.17, 15) is 14.0 Å². The predicted octanol–water partition coefficient (Wildman–Crippen LogP) is 3.78. The Hall–Kier alpha value is -2.41. The lowest BCUT2D eigenvalue weighted by atomic mass is 10.1. The summed E-state index contributed by atoms with van der Waals surface area (Å²) in [4.78, 5) is 24.0. The summed E-state index contributed by atoms with van der Waals surface area (Å²) < 4.78 is 23.7. The van der Waals surface area contributed by atoms with Crippen molar-refractivity contribution in [2.24, 2.45) is 0 Å². The molecule has 1 amide bonds. The lowest BCUT2D eigenvalue weighted by Crippen LogP contribution is -2.38.